The first-order chi connectivity index (χ1) is 13.7. The van der Waals surface area contributed by atoms with Crippen LogP contribution in [0.5, 0.6) is 0 Å². The van der Waals surface area contributed by atoms with E-state index in [-0.39, 0.29) is 5.91 Å². The second kappa shape index (κ2) is 8.59. The summed E-state index contributed by atoms with van der Waals surface area (Å²) in [5.41, 5.74) is 3.03. The Bertz CT molecular complexity index is 791. The first kappa shape index (κ1) is 18.7. The van der Waals surface area contributed by atoms with Crippen LogP contribution in [-0.4, -0.2) is 60.3 Å². The summed E-state index contributed by atoms with van der Waals surface area (Å²) < 4.78 is 0. The van der Waals surface area contributed by atoms with Crippen molar-refractivity contribution in [3.05, 3.63) is 47.7 Å². The third kappa shape index (κ3) is 4.26. The number of piperazine rings is 1. The van der Waals surface area contributed by atoms with E-state index in [9.17, 15) is 4.79 Å². The van der Waals surface area contributed by atoms with Gasteiger partial charge in [0.15, 0.2) is 11.5 Å². The van der Waals surface area contributed by atoms with Gasteiger partial charge in [0.05, 0.1) is 0 Å². The molecule has 2 saturated heterocycles. The predicted octanol–water partition coefficient (Wildman–Crippen LogP) is 3.13. The maximum absolute atomic E-state index is 12.7. The first-order valence-corrected chi connectivity index (χ1v) is 10.4. The van der Waals surface area contributed by atoms with Crippen molar-refractivity contribution in [2.45, 2.75) is 32.6 Å². The number of anilines is 2. The van der Waals surface area contributed by atoms with E-state index in [1.807, 2.05) is 17.0 Å². The Morgan fingerprint density at radius 1 is 0.821 bits per heavy atom. The van der Waals surface area contributed by atoms with Crippen LogP contribution in [0.4, 0.5) is 11.5 Å². The van der Waals surface area contributed by atoms with Crippen molar-refractivity contribution in [1.29, 1.82) is 0 Å². The number of hydrogen-bond donors (Lipinski definition) is 0. The van der Waals surface area contributed by atoms with Crippen molar-refractivity contribution in [1.82, 2.24) is 15.1 Å². The third-order valence-electron chi connectivity index (χ3n) is 5.73. The van der Waals surface area contributed by atoms with Gasteiger partial charge in [0.1, 0.15) is 0 Å². The number of nitrogens with zero attached hydrogens (tertiary/aromatic N) is 5. The molecule has 28 heavy (non-hydrogen) atoms. The van der Waals surface area contributed by atoms with Crippen molar-refractivity contribution in [3.8, 4) is 0 Å². The average Bonchev–Trinajstić information content (AvgIpc) is 3.03. The summed E-state index contributed by atoms with van der Waals surface area (Å²) in [6.07, 6.45) is 4.59. The Kier molecular flexibility index (Phi) is 5.74. The van der Waals surface area contributed by atoms with Crippen molar-refractivity contribution in [2.24, 2.45) is 0 Å². The average molecular weight is 380 g/mol. The molecule has 0 bridgehead atoms. The van der Waals surface area contributed by atoms with Gasteiger partial charge in [-0.3, -0.25) is 4.79 Å². The zero-order valence-electron chi connectivity index (χ0n) is 16.7. The Morgan fingerprint density at radius 3 is 2.18 bits per heavy atom. The van der Waals surface area contributed by atoms with E-state index < -0.39 is 0 Å². The molecule has 0 aliphatic carbocycles. The Balaban J connectivity index is 1.36. The molecule has 1 aromatic heterocycles. The highest BCUT2D eigenvalue weighted by atomic mass is 16.2. The van der Waals surface area contributed by atoms with Gasteiger partial charge in [-0.15, -0.1) is 10.2 Å². The lowest BCUT2D eigenvalue weighted by Gasteiger charge is -2.36. The molecular weight excluding hydrogens is 350 g/mol. The third-order valence-corrected chi connectivity index (χ3v) is 5.73. The number of rotatable bonds is 3. The predicted molar refractivity (Wildman–Crippen MR) is 112 cm³/mol. The molecule has 0 atom stereocenters. The molecule has 3 heterocycles. The van der Waals surface area contributed by atoms with Crippen LogP contribution in [0.3, 0.4) is 0 Å². The summed E-state index contributed by atoms with van der Waals surface area (Å²) in [5, 5.41) is 8.62. The van der Waals surface area contributed by atoms with Crippen LogP contribution >= 0.6 is 0 Å². The number of aryl methyl sites for hydroxylation is 1. The van der Waals surface area contributed by atoms with E-state index in [1.165, 1.54) is 24.1 Å². The summed E-state index contributed by atoms with van der Waals surface area (Å²) in [7, 11) is 0. The second-order valence-electron chi connectivity index (χ2n) is 7.80. The number of hydrogen-bond acceptors (Lipinski definition) is 5. The topological polar surface area (TPSA) is 52.6 Å². The lowest BCUT2D eigenvalue weighted by Crippen LogP contribution is -2.47. The molecule has 6 nitrogen and oxygen atoms in total. The molecule has 148 valence electrons. The van der Waals surface area contributed by atoms with Gasteiger partial charge in [0, 0.05) is 45.0 Å². The van der Waals surface area contributed by atoms with Gasteiger partial charge < -0.3 is 14.7 Å². The van der Waals surface area contributed by atoms with Crippen LogP contribution in [0.25, 0.3) is 0 Å². The number of carbonyl (C=O) groups is 1. The van der Waals surface area contributed by atoms with Gasteiger partial charge in [-0.25, -0.2) is 0 Å². The SMILES string of the molecule is Cc1cccc(N2CCN(c3ccc(C(=O)N4CCCCCC4)nn3)CC2)c1. The minimum atomic E-state index is 0.0187. The highest BCUT2D eigenvalue weighted by Gasteiger charge is 2.21. The fraction of sp³-hybridized carbons (Fsp3) is 0.500. The molecule has 0 unspecified atom stereocenters. The molecule has 0 spiro atoms. The Morgan fingerprint density at radius 2 is 1.54 bits per heavy atom. The molecule has 2 fully saturated rings. The van der Waals surface area contributed by atoms with Crippen LogP contribution in [0.15, 0.2) is 36.4 Å². The summed E-state index contributed by atoms with van der Waals surface area (Å²) in [6, 6.07) is 12.4. The lowest BCUT2D eigenvalue weighted by molar-refractivity contribution is 0.0754. The van der Waals surface area contributed by atoms with E-state index in [0.717, 1.165) is 57.9 Å². The Labute approximate surface area is 167 Å². The fourth-order valence-electron chi connectivity index (χ4n) is 4.06. The quantitative estimate of drug-likeness (QED) is 0.820. The van der Waals surface area contributed by atoms with Crippen LogP contribution in [0.1, 0.15) is 41.7 Å². The van der Waals surface area contributed by atoms with Gasteiger partial charge in [0.25, 0.3) is 5.91 Å². The normalized spacial score (nSPS) is 18.1. The van der Waals surface area contributed by atoms with Crippen LogP contribution in [0, 0.1) is 6.92 Å². The molecule has 2 aromatic rings. The van der Waals surface area contributed by atoms with Gasteiger partial charge in [0.2, 0.25) is 0 Å². The molecule has 1 amide bonds. The second-order valence-corrected chi connectivity index (χ2v) is 7.80. The number of carbonyl (C=O) groups excluding carboxylic acids is 1. The number of likely N-dealkylation sites (tertiary alicyclic amines) is 1. The molecule has 0 radical (unpaired) electrons. The molecule has 4 rings (SSSR count). The highest BCUT2D eigenvalue weighted by Crippen LogP contribution is 2.20. The molecule has 2 aliphatic heterocycles. The van der Waals surface area contributed by atoms with E-state index >= 15 is 0 Å². The van der Waals surface area contributed by atoms with E-state index in [0.29, 0.717) is 5.69 Å². The Hall–Kier alpha value is -2.63. The van der Waals surface area contributed by atoms with E-state index in [4.69, 9.17) is 0 Å². The molecule has 1 aromatic carbocycles. The van der Waals surface area contributed by atoms with Crippen molar-refractivity contribution < 1.29 is 4.79 Å². The largest absolute Gasteiger partial charge is 0.368 e. The monoisotopic (exact) mass is 379 g/mol. The standard InChI is InChI=1S/C22H29N5O/c1-18-7-6-8-19(17-18)25-13-15-26(16-14-25)21-10-9-20(23-24-21)22(28)27-11-4-2-3-5-12-27/h6-10,17H,2-5,11-16H2,1H3. The minimum absolute atomic E-state index is 0.0187. The smallest absolute Gasteiger partial charge is 0.274 e. The summed E-state index contributed by atoms with van der Waals surface area (Å²) in [6.45, 7) is 7.53. The van der Waals surface area contributed by atoms with Crippen molar-refractivity contribution in [2.75, 3.05) is 49.1 Å². The van der Waals surface area contributed by atoms with Crippen molar-refractivity contribution >= 4 is 17.4 Å². The zero-order valence-corrected chi connectivity index (χ0v) is 16.7. The fourth-order valence-corrected chi connectivity index (χ4v) is 4.06. The van der Waals surface area contributed by atoms with E-state index in [1.54, 1.807) is 0 Å². The highest BCUT2D eigenvalue weighted by molar-refractivity contribution is 5.92. The van der Waals surface area contributed by atoms with Gasteiger partial charge in [-0.05, 0) is 49.6 Å². The van der Waals surface area contributed by atoms with E-state index in [2.05, 4.69) is 51.2 Å². The molecule has 0 N–H and O–H groups in total. The number of aromatic nitrogens is 2. The van der Waals surface area contributed by atoms with Crippen molar-refractivity contribution in [3.63, 3.8) is 0 Å². The maximum Gasteiger partial charge on any atom is 0.274 e. The first-order valence-electron chi connectivity index (χ1n) is 10.4. The molecule has 2 aliphatic rings. The maximum atomic E-state index is 12.7. The van der Waals surface area contributed by atoms with Crippen LogP contribution in [0.2, 0.25) is 0 Å². The van der Waals surface area contributed by atoms with Crippen LogP contribution < -0.4 is 9.80 Å². The summed E-state index contributed by atoms with van der Waals surface area (Å²) in [4.78, 5) is 19.3. The molecular formula is C22H29N5O. The summed E-state index contributed by atoms with van der Waals surface area (Å²) >= 11 is 0. The molecule has 0 saturated carbocycles. The van der Waals surface area contributed by atoms with Gasteiger partial charge in [-0.1, -0.05) is 25.0 Å². The number of benzene rings is 1. The molecule has 6 heteroatoms. The lowest BCUT2D eigenvalue weighted by atomic mass is 10.2. The van der Waals surface area contributed by atoms with Gasteiger partial charge >= 0.3 is 0 Å². The summed E-state index contributed by atoms with van der Waals surface area (Å²) in [5.74, 6) is 0.876. The minimum Gasteiger partial charge on any atom is -0.368 e. The van der Waals surface area contributed by atoms with Gasteiger partial charge in [-0.2, -0.15) is 0 Å². The number of amides is 1. The van der Waals surface area contributed by atoms with Crippen LogP contribution in [-0.2, 0) is 0 Å². The zero-order chi connectivity index (χ0) is 19.3.